The second-order valence-electron chi connectivity index (χ2n) is 6.95. The number of nitrogens with zero attached hydrogens (tertiary/aromatic N) is 4. The Kier molecular flexibility index (Phi) is 6.74. The fourth-order valence-electron chi connectivity index (χ4n) is 3.14. The normalized spacial score (nSPS) is 10.7. The Morgan fingerprint density at radius 2 is 1.68 bits per heavy atom. The number of carbonyl (C=O) groups excluding carboxylic acids is 1. The molecule has 2 heterocycles. The monoisotopic (exact) mass is 429 g/mol. The van der Waals surface area contributed by atoms with Crippen molar-refractivity contribution in [2.24, 2.45) is 0 Å². The number of aryl methyl sites for hydroxylation is 1. The van der Waals surface area contributed by atoms with Gasteiger partial charge in [0.25, 0.3) is 0 Å². The molecule has 1 amide bonds. The van der Waals surface area contributed by atoms with E-state index >= 15 is 0 Å². The summed E-state index contributed by atoms with van der Waals surface area (Å²) in [6.45, 7) is 2.64. The summed E-state index contributed by atoms with van der Waals surface area (Å²) >= 11 is 1.37. The summed E-state index contributed by atoms with van der Waals surface area (Å²) in [5, 5.41) is 12.4. The highest BCUT2D eigenvalue weighted by molar-refractivity contribution is 7.99. The molecule has 2 aromatic carbocycles. The Morgan fingerprint density at radius 1 is 0.935 bits per heavy atom. The minimum atomic E-state index is -0.0461. The molecule has 0 bridgehead atoms. The van der Waals surface area contributed by atoms with Crippen LogP contribution < -0.4 is 5.32 Å². The first-order valence-electron chi connectivity index (χ1n) is 10.1. The van der Waals surface area contributed by atoms with E-state index in [-0.39, 0.29) is 11.7 Å². The number of thioether (sulfide) groups is 1. The van der Waals surface area contributed by atoms with Gasteiger partial charge in [-0.2, -0.15) is 0 Å². The Bertz CT molecular complexity index is 1130. The molecule has 0 radical (unpaired) electrons. The number of benzene rings is 2. The van der Waals surface area contributed by atoms with Crippen molar-refractivity contribution in [3.63, 3.8) is 0 Å². The van der Waals surface area contributed by atoms with Gasteiger partial charge >= 0.3 is 0 Å². The molecule has 0 atom stereocenters. The smallest absolute Gasteiger partial charge is 0.230 e. The number of nitrogens with one attached hydrogen (secondary N) is 1. The van der Waals surface area contributed by atoms with Crippen molar-refractivity contribution in [1.82, 2.24) is 25.1 Å². The molecule has 0 saturated carbocycles. The number of aromatic nitrogens is 4. The lowest BCUT2D eigenvalue weighted by atomic mass is 10.1. The zero-order chi connectivity index (χ0) is 21.5. The summed E-state index contributed by atoms with van der Waals surface area (Å²) in [4.78, 5) is 16.5. The number of rotatable bonds is 8. The first-order chi connectivity index (χ1) is 15.2. The molecule has 0 saturated heterocycles. The molecule has 4 rings (SSSR count). The standard InChI is InChI=1S/C24H23N5OS/c1-2-18-8-10-21(11-9-18)29-23(20-12-14-25-15-13-20)27-28-24(29)31-17-22(30)26-16-19-6-4-3-5-7-19/h3-15H,2,16-17H2,1H3,(H,26,30). The fourth-order valence-corrected chi connectivity index (χ4v) is 3.92. The lowest BCUT2D eigenvalue weighted by Gasteiger charge is -2.11. The highest BCUT2D eigenvalue weighted by atomic mass is 32.2. The third-order valence-electron chi connectivity index (χ3n) is 4.84. The van der Waals surface area contributed by atoms with E-state index in [1.54, 1.807) is 12.4 Å². The van der Waals surface area contributed by atoms with E-state index in [0.29, 0.717) is 11.7 Å². The van der Waals surface area contributed by atoms with Gasteiger partial charge in [-0.1, -0.05) is 61.2 Å². The minimum absolute atomic E-state index is 0.0461. The third-order valence-corrected chi connectivity index (χ3v) is 5.77. The van der Waals surface area contributed by atoms with Crippen LogP contribution in [0, 0.1) is 0 Å². The summed E-state index contributed by atoms with van der Waals surface area (Å²) < 4.78 is 1.99. The molecule has 156 valence electrons. The van der Waals surface area contributed by atoms with E-state index in [4.69, 9.17) is 0 Å². The van der Waals surface area contributed by atoms with Gasteiger partial charge in [-0.25, -0.2) is 0 Å². The average Bonchev–Trinajstić information content (AvgIpc) is 3.26. The maximum absolute atomic E-state index is 12.4. The fraction of sp³-hybridized carbons (Fsp3) is 0.167. The Hall–Kier alpha value is -3.45. The third kappa shape index (κ3) is 5.19. The zero-order valence-corrected chi connectivity index (χ0v) is 18.0. The van der Waals surface area contributed by atoms with Crippen LogP contribution >= 0.6 is 11.8 Å². The lowest BCUT2D eigenvalue weighted by molar-refractivity contribution is -0.118. The zero-order valence-electron chi connectivity index (χ0n) is 17.2. The molecule has 0 aliphatic rings. The van der Waals surface area contributed by atoms with Crippen LogP contribution in [0.2, 0.25) is 0 Å². The van der Waals surface area contributed by atoms with Crippen molar-refractivity contribution in [1.29, 1.82) is 0 Å². The van der Waals surface area contributed by atoms with Crippen molar-refractivity contribution in [3.05, 3.63) is 90.3 Å². The van der Waals surface area contributed by atoms with Gasteiger partial charge in [0.05, 0.1) is 5.75 Å². The van der Waals surface area contributed by atoms with Crippen LogP contribution in [0.25, 0.3) is 17.1 Å². The summed E-state index contributed by atoms with van der Waals surface area (Å²) in [6.07, 6.45) is 4.44. The van der Waals surface area contributed by atoms with E-state index in [9.17, 15) is 4.79 Å². The predicted octanol–water partition coefficient (Wildman–Crippen LogP) is 4.30. The van der Waals surface area contributed by atoms with Crippen LogP contribution in [0.4, 0.5) is 0 Å². The molecule has 0 aliphatic carbocycles. The number of pyridine rings is 1. The molecular weight excluding hydrogens is 406 g/mol. The summed E-state index contributed by atoms with van der Waals surface area (Å²) in [7, 11) is 0. The maximum atomic E-state index is 12.4. The van der Waals surface area contributed by atoms with Crippen molar-refractivity contribution in [2.75, 3.05) is 5.75 Å². The predicted molar refractivity (Wildman–Crippen MR) is 123 cm³/mol. The van der Waals surface area contributed by atoms with Crippen molar-refractivity contribution >= 4 is 17.7 Å². The van der Waals surface area contributed by atoms with Gasteiger partial charge in [0.15, 0.2) is 11.0 Å². The largest absolute Gasteiger partial charge is 0.351 e. The van der Waals surface area contributed by atoms with E-state index in [1.165, 1.54) is 17.3 Å². The Labute approximate surface area is 185 Å². The van der Waals surface area contributed by atoms with E-state index < -0.39 is 0 Å². The quantitative estimate of drug-likeness (QED) is 0.423. The van der Waals surface area contributed by atoms with Gasteiger partial charge in [-0.3, -0.25) is 14.3 Å². The summed E-state index contributed by atoms with van der Waals surface area (Å²) in [6, 6.07) is 22.0. The van der Waals surface area contributed by atoms with Crippen molar-refractivity contribution in [2.45, 2.75) is 25.0 Å². The average molecular weight is 430 g/mol. The van der Waals surface area contributed by atoms with Gasteiger partial charge in [-0.15, -0.1) is 10.2 Å². The highest BCUT2D eigenvalue weighted by Gasteiger charge is 2.17. The first kappa shape index (κ1) is 20.8. The Morgan fingerprint density at radius 3 is 2.39 bits per heavy atom. The molecule has 2 aromatic heterocycles. The molecule has 6 nitrogen and oxygen atoms in total. The summed E-state index contributed by atoms with van der Waals surface area (Å²) in [5.41, 5.74) is 4.21. The highest BCUT2D eigenvalue weighted by Crippen LogP contribution is 2.28. The van der Waals surface area contributed by atoms with E-state index in [2.05, 4.69) is 51.7 Å². The molecule has 4 aromatic rings. The number of hydrogen-bond donors (Lipinski definition) is 1. The molecule has 0 unspecified atom stereocenters. The van der Waals surface area contributed by atoms with E-state index in [0.717, 1.165) is 29.1 Å². The summed E-state index contributed by atoms with van der Waals surface area (Å²) in [5.74, 6) is 0.933. The molecular formula is C24H23N5OS. The molecule has 0 aliphatic heterocycles. The molecule has 1 N–H and O–H groups in total. The second-order valence-corrected chi connectivity index (χ2v) is 7.89. The van der Waals surface area contributed by atoms with Crippen LogP contribution in [0.15, 0.2) is 84.3 Å². The first-order valence-corrected chi connectivity index (χ1v) is 11.1. The number of carbonyl (C=O) groups is 1. The molecule has 0 spiro atoms. The van der Waals surface area contributed by atoms with Gasteiger partial charge in [0, 0.05) is 30.2 Å². The molecule has 7 heteroatoms. The van der Waals surface area contributed by atoms with Gasteiger partial charge in [0.1, 0.15) is 0 Å². The molecule has 0 fully saturated rings. The van der Waals surface area contributed by atoms with Crippen LogP contribution in [-0.2, 0) is 17.8 Å². The minimum Gasteiger partial charge on any atom is -0.351 e. The topological polar surface area (TPSA) is 72.7 Å². The van der Waals surface area contributed by atoms with Crippen LogP contribution in [0.5, 0.6) is 0 Å². The van der Waals surface area contributed by atoms with Crippen LogP contribution in [0.1, 0.15) is 18.1 Å². The van der Waals surface area contributed by atoms with Crippen molar-refractivity contribution in [3.8, 4) is 17.1 Å². The maximum Gasteiger partial charge on any atom is 0.230 e. The molecule has 31 heavy (non-hydrogen) atoms. The Balaban J connectivity index is 1.54. The number of hydrogen-bond acceptors (Lipinski definition) is 5. The number of amides is 1. The van der Waals surface area contributed by atoms with E-state index in [1.807, 2.05) is 47.0 Å². The van der Waals surface area contributed by atoms with Crippen molar-refractivity contribution < 1.29 is 4.79 Å². The van der Waals surface area contributed by atoms with Crippen LogP contribution in [0.3, 0.4) is 0 Å². The second kappa shape index (κ2) is 10.0. The van der Waals surface area contributed by atoms with Gasteiger partial charge < -0.3 is 5.32 Å². The lowest BCUT2D eigenvalue weighted by Crippen LogP contribution is -2.24. The van der Waals surface area contributed by atoms with Crippen LogP contribution in [-0.4, -0.2) is 31.4 Å². The van der Waals surface area contributed by atoms with Gasteiger partial charge in [-0.05, 0) is 41.8 Å². The van der Waals surface area contributed by atoms with Gasteiger partial charge in [0.2, 0.25) is 5.91 Å². The SMILES string of the molecule is CCc1ccc(-n2c(SCC(=O)NCc3ccccc3)nnc2-c2ccncc2)cc1.